The molecule has 14 heavy (non-hydrogen) atoms. The zero-order valence-electron chi connectivity index (χ0n) is 8.42. The Kier molecular flexibility index (Phi) is 2.54. The Morgan fingerprint density at radius 2 is 2.00 bits per heavy atom. The molecule has 1 fully saturated rings. The Morgan fingerprint density at radius 3 is 2.36 bits per heavy atom. The summed E-state index contributed by atoms with van der Waals surface area (Å²) in [7, 11) is 0. The number of aryl methyl sites for hydroxylation is 1. The maximum absolute atomic E-state index is 5.54. The molecule has 3 nitrogen and oxygen atoms in total. The Bertz CT molecular complexity index is 298. The first-order chi connectivity index (χ1) is 6.80. The third-order valence-corrected chi connectivity index (χ3v) is 2.89. The summed E-state index contributed by atoms with van der Waals surface area (Å²) in [5.41, 5.74) is 5.26. The summed E-state index contributed by atoms with van der Waals surface area (Å²) in [4.78, 5) is 0. The van der Waals surface area contributed by atoms with Crippen LogP contribution in [0.2, 0.25) is 0 Å². The van der Waals surface area contributed by atoms with Gasteiger partial charge in [-0.25, -0.2) is 5.43 Å². The third-order valence-electron chi connectivity index (χ3n) is 2.89. The van der Waals surface area contributed by atoms with E-state index in [-0.39, 0.29) is 5.54 Å². The highest BCUT2D eigenvalue weighted by atomic mass is 16.5. The molecule has 1 aliphatic heterocycles. The van der Waals surface area contributed by atoms with Gasteiger partial charge in [0.15, 0.2) is 0 Å². The SMILES string of the molecule is CCc1ccc(C2(NN)COC2)cc1. The fraction of sp³-hybridized carbons (Fsp3) is 0.455. The molecular weight excluding hydrogens is 176 g/mol. The van der Waals surface area contributed by atoms with Gasteiger partial charge in [-0.2, -0.15) is 0 Å². The Balaban J connectivity index is 2.23. The first-order valence-corrected chi connectivity index (χ1v) is 4.96. The van der Waals surface area contributed by atoms with Crippen LogP contribution in [0.3, 0.4) is 0 Å². The van der Waals surface area contributed by atoms with Gasteiger partial charge in [0, 0.05) is 0 Å². The lowest BCUT2D eigenvalue weighted by Gasteiger charge is -2.41. The minimum atomic E-state index is -0.147. The van der Waals surface area contributed by atoms with Crippen molar-refractivity contribution >= 4 is 0 Å². The van der Waals surface area contributed by atoms with Gasteiger partial charge in [0.05, 0.1) is 13.2 Å². The molecule has 3 heteroatoms. The van der Waals surface area contributed by atoms with Gasteiger partial charge < -0.3 is 4.74 Å². The highest BCUT2D eigenvalue weighted by Crippen LogP contribution is 2.28. The Hall–Kier alpha value is -0.900. The molecule has 0 amide bonds. The van der Waals surface area contributed by atoms with Gasteiger partial charge in [-0.1, -0.05) is 31.2 Å². The van der Waals surface area contributed by atoms with Gasteiger partial charge >= 0.3 is 0 Å². The average Bonchev–Trinajstić information content (AvgIpc) is 2.18. The molecule has 0 aromatic heterocycles. The second kappa shape index (κ2) is 3.69. The molecule has 1 heterocycles. The normalized spacial score (nSPS) is 19.0. The van der Waals surface area contributed by atoms with Crippen molar-refractivity contribution in [1.82, 2.24) is 5.43 Å². The van der Waals surface area contributed by atoms with Crippen molar-refractivity contribution in [3.8, 4) is 0 Å². The van der Waals surface area contributed by atoms with Crippen LogP contribution in [0.1, 0.15) is 18.1 Å². The van der Waals surface area contributed by atoms with E-state index >= 15 is 0 Å². The highest BCUT2D eigenvalue weighted by Gasteiger charge is 2.39. The molecule has 2 rings (SSSR count). The van der Waals surface area contributed by atoms with Crippen LogP contribution < -0.4 is 11.3 Å². The van der Waals surface area contributed by atoms with E-state index < -0.39 is 0 Å². The number of benzene rings is 1. The van der Waals surface area contributed by atoms with Crippen molar-refractivity contribution < 1.29 is 4.74 Å². The predicted molar refractivity (Wildman–Crippen MR) is 55.6 cm³/mol. The maximum atomic E-state index is 5.54. The first kappa shape index (κ1) is 9.65. The van der Waals surface area contributed by atoms with Crippen LogP contribution in [0.5, 0.6) is 0 Å². The quantitative estimate of drug-likeness (QED) is 0.553. The minimum Gasteiger partial charge on any atom is -0.377 e. The van der Waals surface area contributed by atoms with E-state index in [1.807, 2.05) is 0 Å². The molecular formula is C11H16N2O. The average molecular weight is 192 g/mol. The molecule has 0 spiro atoms. The lowest BCUT2D eigenvalue weighted by molar-refractivity contribution is -0.0786. The van der Waals surface area contributed by atoms with Crippen molar-refractivity contribution in [2.45, 2.75) is 18.9 Å². The molecule has 0 atom stereocenters. The van der Waals surface area contributed by atoms with E-state index in [9.17, 15) is 0 Å². The summed E-state index contributed by atoms with van der Waals surface area (Å²) in [5.74, 6) is 5.54. The van der Waals surface area contributed by atoms with E-state index in [1.165, 1.54) is 11.1 Å². The molecule has 3 N–H and O–H groups in total. The van der Waals surface area contributed by atoms with Crippen LogP contribution >= 0.6 is 0 Å². The number of nitrogens with one attached hydrogen (secondary N) is 1. The fourth-order valence-electron chi connectivity index (χ4n) is 1.70. The van der Waals surface area contributed by atoms with Gasteiger partial charge in [0.2, 0.25) is 0 Å². The van der Waals surface area contributed by atoms with Crippen molar-refractivity contribution in [1.29, 1.82) is 0 Å². The molecule has 0 radical (unpaired) electrons. The van der Waals surface area contributed by atoms with E-state index in [4.69, 9.17) is 10.6 Å². The van der Waals surface area contributed by atoms with E-state index in [0.717, 1.165) is 6.42 Å². The number of ether oxygens (including phenoxy) is 1. The van der Waals surface area contributed by atoms with Crippen LogP contribution in [0.25, 0.3) is 0 Å². The Morgan fingerprint density at radius 1 is 1.36 bits per heavy atom. The molecule has 1 saturated heterocycles. The van der Waals surface area contributed by atoms with Crippen molar-refractivity contribution in [2.75, 3.05) is 13.2 Å². The lowest BCUT2D eigenvalue weighted by atomic mass is 9.88. The minimum absolute atomic E-state index is 0.147. The van der Waals surface area contributed by atoms with Crippen LogP contribution in [-0.2, 0) is 16.7 Å². The smallest absolute Gasteiger partial charge is 0.103 e. The van der Waals surface area contributed by atoms with Crippen molar-refractivity contribution in [2.24, 2.45) is 5.84 Å². The van der Waals surface area contributed by atoms with Crippen LogP contribution in [0.15, 0.2) is 24.3 Å². The number of rotatable bonds is 3. The van der Waals surface area contributed by atoms with E-state index in [1.54, 1.807) is 0 Å². The molecule has 1 aromatic rings. The second-order valence-corrected chi connectivity index (χ2v) is 3.77. The summed E-state index contributed by atoms with van der Waals surface area (Å²) in [5, 5.41) is 0. The highest BCUT2D eigenvalue weighted by molar-refractivity contribution is 5.30. The predicted octanol–water partition coefficient (Wildman–Crippen LogP) is 0.938. The van der Waals surface area contributed by atoms with Crippen LogP contribution in [0.4, 0.5) is 0 Å². The van der Waals surface area contributed by atoms with Crippen molar-refractivity contribution in [3.63, 3.8) is 0 Å². The van der Waals surface area contributed by atoms with Gasteiger partial charge in [-0.15, -0.1) is 0 Å². The number of nitrogens with two attached hydrogens (primary N) is 1. The summed E-state index contributed by atoms with van der Waals surface area (Å²) in [6.07, 6.45) is 1.07. The molecule has 0 unspecified atom stereocenters. The fourth-order valence-corrected chi connectivity index (χ4v) is 1.70. The molecule has 1 aromatic carbocycles. The van der Waals surface area contributed by atoms with E-state index in [0.29, 0.717) is 13.2 Å². The monoisotopic (exact) mass is 192 g/mol. The Labute approximate surface area is 84.2 Å². The van der Waals surface area contributed by atoms with E-state index in [2.05, 4.69) is 36.6 Å². The van der Waals surface area contributed by atoms with Gasteiger partial charge in [0.1, 0.15) is 5.54 Å². The van der Waals surface area contributed by atoms with Gasteiger partial charge in [-0.05, 0) is 17.5 Å². The first-order valence-electron chi connectivity index (χ1n) is 4.96. The van der Waals surface area contributed by atoms with Crippen LogP contribution in [0, 0.1) is 0 Å². The summed E-state index contributed by atoms with van der Waals surface area (Å²) in [6.45, 7) is 3.47. The second-order valence-electron chi connectivity index (χ2n) is 3.77. The zero-order chi connectivity index (χ0) is 10.0. The summed E-state index contributed by atoms with van der Waals surface area (Å²) >= 11 is 0. The standard InChI is InChI=1S/C11H16N2O/c1-2-9-3-5-10(6-4-9)11(13-12)7-14-8-11/h3-6,13H,2,7-8,12H2,1H3. The lowest BCUT2D eigenvalue weighted by Crippen LogP contribution is -2.60. The molecule has 0 aliphatic carbocycles. The van der Waals surface area contributed by atoms with Gasteiger partial charge in [-0.3, -0.25) is 5.84 Å². The third kappa shape index (κ3) is 1.43. The van der Waals surface area contributed by atoms with Crippen LogP contribution in [-0.4, -0.2) is 13.2 Å². The molecule has 1 aliphatic rings. The topological polar surface area (TPSA) is 47.3 Å². The van der Waals surface area contributed by atoms with Gasteiger partial charge in [0.25, 0.3) is 0 Å². The molecule has 0 saturated carbocycles. The van der Waals surface area contributed by atoms with Crippen molar-refractivity contribution in [3.05, 3.63) is 35.4 Å². The number of hydrogen-bond donors (Lipinski definition) is 2. The zero-order valence-corrected chi connectivity index (χ0v) is 8.42. The maximum Gasteiger partial charge on any atom is 0.103 e. The molecule has 76 valence electrons. The molecule has 0 bridgehead atoms. The number of hydrogen-bond acceptors (Lipinski definition) is 3. The largest absolute Gasteiger partial charge is 0.377 e. The summed E-state index contributed by atoms with van der Waals surface area (Å²) < 4.78 is 5.20. The summed E-state index contributed by atoms with van der Waals surface area (Å²) in [6, 6.07) is 8.54. The number of hydrazine groups is 1.